The molecule has 10 nitrogen and oxygen atoms in total. The summed E-state index contributed by atoms with van der Waals surface area (Å²) in [7, 11) is 1.37. The van der Waals surface area contributed by atoms with Crippen molar-refractivity contribution < 1.29 is 19.0 Å². The fourth-order valence-electron chi connectivity index (χ4n) is 3.34. The van der Waals surface area contributed by atoms with Crippen molar-refractivity contribution in [1.82, 2.24) is 24.5 Å². The SMILES string of the molecule is COC(=O)c1scc(C)c1NC(=S)N1CCOC(COc2cc(C)nc3nc(SC)nn23)C1. The normalized spacial score (nSPS) is 16.1. The van der Waals surface area contributed by atoms with Crippen molar-refractivity contribution in [3.8, 4) is 5.88 Å². The maximum absolute atomic E-state index is 12.1. The van der Waals surface area contributed by atoms with Gasteiger partial charge in [-0.05, 0) is 43.3 Å². The van der Waals surface area contributed by atoms with E-state index in [1.165, 1.54) is 30.2 Å². The number of methoxy groups -OCH3 is 1. The lowest BCUT2D eigenvalue weighted by Crippen LogP contribution is -2.49. The van der Waals surface area contributed by atoms with Gasteiger partial charge in [0.15, 0.2) is 5.11 Å². The Morgan fingerprint density at radius 2 is 2.24 bits per heavy atom. The fraction of sp³-hybridized carbons (Fsp3) is 0.450. The van der Waals surface area contributed by atoms with E-state index in [-0.39, 0.29) is 12.1 Å². The Labute approximate surface area is 204 Å². The highest BCUT2D eigenvalue weighted by Crippen LogP contribution is 2.29. The first-order valence-electron chi connectivity index (χ1n) is 10.1. The van der Waals surface area contributed by atoms with Gasteiger partial charge in [-0.3, -0.25) is 0 Å². The van der Waals surface area contributed by atoms with Gasteiger partial charge in [-0.15, -0.1) is 16.4 Å². The van der Waals surface area contributed by atoms with Crippen molar-refractivity contribution in [1.29, 1.82) is 0 Å². The van der Waals surface area contributed by atoms with Crippen molar-refractivity contribution in [3.05, 3.63) is 27.6 Å². The molecule has 1 aliphatic heterocycles. The van der Waals surface area contributed by atoms with Crippen molar-refractivity contribution in [2.45, 2.75) is 25.1 Å². The molecule has 3 aromatic heterocycles. The highest BCUT2D eigenvalue weighted by molar-refractivity contribution is 7.98. The number of carbonyl (C=O) groups is 1. The summed E-state index contributed by atoms with van der Waals surface area (Å²) in [5.41, 5.74) is 2.41. The highest BCUT2D eigenvalue weighted by atomic mass is 32.2. The molecule has 0 aliphatic carbocycles. The van der Waals surface area contributed by atoms with Gasteiger partial charge in [0.05, 0.1) is 19.4 Å². The van der Waals surface area contributed by atoms with Crippen LogP contribution < -0.4 is 10.1 Å². The van der Waals surface area contributed by atoms with Crippen LogP contribution in [-0.4, -0.2) is 81.3 Å². The Morgan fingerprint density at radius 3 is 3.00 bits per heavy atom. The highest BCUT2D eigenvalue weighted by Gasteiger charge is 2.25. The number of ether oxygens (including phenoxy) is 3. The third-order valence-electron chi connectivity index (χ3n) is 4.99. The minimum atomic E-state index is -0.386. The summed E-state index contributed by atoms with van der Waals surface area (Å²) >= 11 is 8.40. The second-order valence-corrected chi connectivity index (χ2v) is 9.38. The van der Waals surface area contributed by atoms with Crippen LogP contribution in [0.15, 0.2) is 16.6 Å². The van der Waals surface area contributed by atoms with Gasteiger partial charge in [0, 0.05) is 24.8 Å². The number of fused-ring (bicyclic) bond motifs is 1. The number of hydrogen-bond donors (Lipinski definition) is 1. The molecule has 3 aromatic rings. The minimum absolute atomic E-state index is 0.200. The Balaban J connectivity index is 1.41. The summed E-state index contributed by atoms with van der Waals surface area (Å²) in [6, 6.07) is 1.83. The number of thioether (sulfide) groups is 1. The summed E-state index contributed by atoms with van der Waals surface area (Å²) in [6.45, 7) is 5.82. The molecule has 1 atom stereocenters. The zero-order chi connectivity index (χ0) is 23.5. The molecule has 1 aliphatic rings. The standard InChI is InChI=1S/C20H24N6O4S3/c1-11-10-33-16(17(27)28-3)15(11)22-20(31)25-5-6-29-13(8-25)9-30-14-7-12(2)21-18-23-19(32-4)24-26(14)18/h7,10,13H,5-6,8-9H2,1-4H3,(H,22,31). The van der Waals surface area contributed by atoms with Crippen LogP contribution in [0.5, 0.6) is 5.88 Å². The van der Waals surface area contributed by atoms with Gasteiger partial charge in [0.25, 0.3) is 5.78 Å². The molecule has 0 radical (unpaired) electrons. The molecule has 0 saturated carbocycles. The quantitative estimate of drug-likeness (QED) is 0.302. The monoisotopic (exact) mass is 508 g/mol. The van der Waals surface area contributed by atoms with Gasteiger partial charge >= 0.3 is 5.97 Å². The van der Waals surface area contributed by atoms with E-state index >= 15 is 0 Å². The van der Waals surface area contributed by atoms with E-state index in [0.29, 0.717) is 58.8 Å². The second kappa shape index (κ2) is 10.2. The number of aromatic nitrogens is 4. The lowest BCUT2D eigenvalue weighted by atomic mass is 10.2. The van der Waals surface area contributed by atoms with Crippen LogP contribution in [0.3, 0.4) is 0 Å². The van der Waals surface area contributed by atoms with E-state index in [4.69, 9.17) is 26.4 Å². The molecule has 0 aromatic carbocycles. The maximum atomic E-state index is 12.1. The number of aryl methyl sites for hydroxylation is 2. The topological polar surface area (TPSA) is 103 Å². The first kappa shape index (κ1) is 23.7. The molecular weight excluding hydrogens is 484 g/mol. The molecular formula is C20H24N6O4S3. The lowest BCUT2D eigenvalue weighted by molar-refractivity contribution is -0.0291. The van der Waals surface area contributed by atoms with Crippen LogP contribution in [0.2, 0.25) is 0 Å². The average molecular weight is 509 g/mol. The van der Waals surface area contributed by atoms with E-state index in [9.17, 15) is 4.79 Å². The zero-order valence-corrected chi connectivity index (χ0v) is 21.1. The van der Waals surface area contributed by atoms with Crippen molar-refractivity contribution in [2.24, 2.45) is 0 Å². The summed E-state index contributed by atoms with van der Waals surface area (Å²) in [5.74, 6) is 0.671. The van der Waals surface area contributed by atoms with E-state index in [2.05, 4.69) is 20.4 Å². The second-order valence-electron chi connectivity index (χ2n) is 7.34. The number of esters is 1. The van der Waals surface area contributed by atoms with Gasteiger partial charge in [0.2, 0.25) is 11.0 Å². The molecule has 4 heterocycles. The Kier molecular flexibility index (Phi) is 7.32. The van der Waals surface area contributed by atoms with Crippen LogP contribution in [-0.2, 0) is 9.47 Å². The van der Waals surface area contributed by atoms with Gasteiger partial charge in [-0.25, -0.2) is 9.78 Å². The lowest BCUT2D eigenvalue weighted by Gasteiger charge is -2.34. The van der Waals surface area contributed by atoms with Gasteiger partial charge < -0.3 is 24.4 Å². The summed E-state index contributed by atoms with van der Waals surface area (Å²) < 4.78 is 18.4. The molecule has 1 saturated heterocycles. The van der Waals surface area contributed by atoms with Gasteiger partial charge in [-0.1, -0.05) is 11.8 Å². The van der Waals surface area contributed by atoms with Crippen molar-refractivity contribution in [2.75, 3.05) is 45.0 Å². The molecule has 1 fully saturated rings. The van der Waals surface area contributed by atoms with Crippen LogP contribution in [0, 0.1) is 13.8 Å². The maximum Gasteiger partial charge on any atom is 0.350 e. The van der Waals surface area contributed by atoms with E-state index < -0.39 is 0 Å². The first-order chi connectivity index (χ1) is 15.9. The molecule has 0 bridgehead atoms. The number of nitrogens with one attached hydrogen (secondary N) is 1. The number of carbonyl (C=O) groups excluding carboxylic acids is 1. The number of morpholine rings is 1. The van der Waals surface area contributed by atoms with Crippen molar-refractivity contribution >= 4 is 57.9 Å². The van der Waals surface area contributed by atoms with Gasteiger partial charge in [-0.2, -0.15) is 9.50 Å². The fourth-order valence-corrected chi connectivity index (χ4v) is 4.86. The molecule has 0 spiro atoms. The third-order valence-corrected chi connectivity index (χ3v) is 6.97. The number of rotatable bonds is 6. The number of hydrogen-bond acceptors (Lipinski definition) is 10. The first-order valence-corrected chi connectivity index (χ1v) is 12.7. The molecule has 4 rings (SSSR count). The number of thiophene rings is 1. The Bertz CT molecular complexity index is 1180. The molecule has 0 amide bonds. The molecule has 176 valence electrons. The predicted octanol–water partition coefficient (Wildman–Crippen LogP) is 2.79. The summed E-state index contributed by atoms with van der Waals surface area (Å²) in [5, 5.41) is 10.7. The Morgan fingerprint density at radius 1 is 1.42 bits per heavy atom. The van der Waals surface area contributed by atoms with E-state index in [1.54, 1.807) is 4.52 Å². The molecule has 13 heteroatoms. The predicted molar refractivity (Wildman–Crippen MR) is 131 cm³/mol. The third kappa shape index (κ3) is 5.21. The molecule has 33 heavy (non-hydrogen) atoms. The van der Waals surface area contributed by atoms with Crippen LogP contribution >= 0.6 is 35.3 Å². The molecule has 1 unspecified atom stereocenters. The zero-order valence-electron chi connectivity index (χ0n) is 18.7. The average Bonchev–Trinajstić information content (AvgIpc) is 3.40. The van der Waals surface area contributed by atoms with Crippen LogP contribution in [0.1, 0.15) is 20.9 Å². The number of anilines is 1. The summed E-state index contributed by atoms with van der Waals surface area (Å²) in [4.78, 5) is 23.3. The smallest absolute Gasteiger partial charge is 0.350 e. The Hall–Kier alpha value is -2.48. The number of nitrogens with zero attached hydrogens (tertiary/aromatic N) is 5. The van der Waals surface area contributed by atoms with Crippen LogP contribution in [0.4, 0.5) is 5.69 Å². The van der Waals surface area contributed by atoms with Crippen molar-refractivity contribution in [3.63, 3.8) is 0 Å². The minimum Gasteiger partial charge on any atom is -0.475 e. The number of thiocarbonyl (C=S) groups is 1. The summed E-state index contributed by atoms with van der Waals surface area (Å²) in [6.07, 6.45) is 1.71. The largest absolute Gasteiger partial charge is 0.475 e. The van der Waals surface area contributed by atoms with Gasteiger partial charge in [0.1, 0.15) is 17.6 Å². The van der Waals surface area contributed by atoms with E-state index in [1.807, 2.05) is 36.4 Å². The van der Waals surface area contributed by atoms with E-state index in [0.717, 1.165) is 11.3 Å². The molecule has 1 N–H and O–H groups in total. The van der Waals surface area contributed by atoms with Crippen LogP contribution in [0.25, 0.3) is 5.78 Å².